The Hall–Kier alpha value is -2.90. The van der Waals surface area contributed by atoms with Crippen LogP contribution in [-0.4, -0.2) is 24.9 Å². The van der Waals surface area contributed by atoms with Crippen LogP contribution in [0.25, 0.3) is 0 Å². The highest BCUT2D eigenvalue weighted by Gasteiger charge is 2.19. The number of nitrogens with one attached hydrogen (secondary N) is 2. The molecule has 0 aliphatic carbocycles. The van der Waals surface area contributed by atoms with Gasteiger partial charge < -0.3 is 10.6 Å². The van der Waals surface area contributed by atoms with Crippen molar-refractivity contribution in [2.45, 2.75) is 6.42 Å². The molecule has 2 aromatic carbocycles. The van der Waals surface area contributed by atoms with Crippen molar-refractivity contribution in [2.75, 3.05) is 13.1 Å². The van der Waals surface area contributed by atoms with Gasteiger partial charge in [-0.3, -0.25) is 9.59 Å². The summed E-state index contributed by atoms with van der Waals surface area (Å²) in [6.45, 7) is -0.208. The Labute approximate surface area is 140 Å². The van der Waals surface area contributed by atoms with Crippen molar-refractivity contribution in [3.8, 4) is 0 Å². The molecule has 2 aromatic rings. The van der Waals surface area contributed by atoms with Crippen LogP contribution < -0.4 is 10.6 Å². The van der Waals surface area contributed by atoms with Crippen molar-refractivity contribution < 1.29 is 27.2 Å². The van der Waals surface area contributed by atoms with E-state index in [9.17, 15) is 27.2 Å². The smallest absolute Gasteiger partial charge is 0.254 e. The molecule has 4 nitrogen and oxygen atoms in total. The minimum absolute atomic E-state index is 0.250. The Morgan fingerprint density at radius 2 is 1.52 bits per heavy atom. The van der Waals surface area contributed by atoms with E-state index in [4.69, 9.17) is 0 Å². The fourth-order valence-electron chi connectivity index (χ4n) is 2.02. The lowest BCUT2D eigenvalue weighted by Gasteiger charge is -2.08. The second-order valence-electron chi connectivity index (χ2n) is 5.13. The predicted octanol–water partition coefficient (Wildman–Crippen LogP) is 2.33. The maximum atomic E-state index is 13.5. The highest BCUT2D eigenvalue weighted by molar-refractivity contribution is 5.96. The molecule has 0 radical (unpaired) electrons. The third kappa shape index (κ3) is 5.03. The van der Waals surface area contributed by atoms with Gasteiger partial charge in [-0.2, -0.15) is 0 Å². The number of halogens is 4. The molecule has 0 heterocycles. The maximum absolute atomic E-state index is 13.5. The summed E-state index contributed by atoms with van der Waals surface area (Å²) in [7, 11) is 0. The van der Waals surface area contributed by atoms with Crippen molar-refractivity contribution in [1.29, 1.82) is 0 Å². The van der Waals surface area contributed by atoms with Crippen LogP contribution in [0.4, 0.5) is 17.6 Å². The summed E-state index contributed by atoms with van der Waals surface area (Å²) < 4.78 is 52.1. The normalized spacial score (nSPS) is 10.4. The first-order valence-corrected chi connectivity index (χ1v) is 7.31. The molecule has 2 amide bonds. The first-order valence-electron chi connectivity index (χ1n) is 7.31. The molecule has 2 N–H and O–H groups in total. The number of rotatable bonds is 6. The van der Waals surface area contributed by atoms with Gasteiger partial charge in [-0.05, 0) is 36.2 Å². The average molecular weight is 354 g/mol. The minimum atomic E-state index is -1.75. The highest BCUT2D eigenvalue weighted by Crippen LogP contribution is 2.14. The molecule has 0 aliphatic rings. The summed E-state index contributed by atoms with van der Waals surface area (Å²) in [4.78, 5) is 23.3. The maximum Gasteiger partial charge on any atom is 0.254 e. The Morgan fingerprint density at radius 1 is 0.840 bits per heavy atom. The number of hydrogen-bond donors (Lipinski definition) is 2. The fraction of sp³-hybridized carbons (Fsp3) is 0.176. The molecule has 0 aliphatic heterocycles. The molecule has 8 heteroatoms. The van der Waals surface area contributed by atoms with Crippen LogP contribution in [0.5, 0.6) is 0 Å². The van der Waals surface area contributed by atoms with Crippen LogP contribution in [0.1, 0.15) is 15.9 Å². The molecule has 0 saturated carbocycles. The van der Waals surface area contributed by atoms with E-state index in [1.54, 1.807) is 12.1 Å². The summed E-state index contributed by atoms with van der Waals surface area (Å²) in [5, 5.41) is 4.63. The standard InChI is InChI=1S/C17H14F4N2O2/c18-11-3-1-10(2-4-11)7-8-22-14(24)9-23-17(25)12-5-6-13(19)16(21)15(12)20/h1-6H,7-9H2,(H,22,24)(H,23,25). The zero-order valence-corrected chi connectivity index (χ0v) is 12.9. The predicted molar refractivity (Wildman–Crippen MR) is 81.8 cm³/mol. The Balaban J connectivity index is 1.78. The molecule has 0 aromatic heterocycles. The lowest BCUT2D eigenvalue weighted by Crippen LogP contribution is -2.38. The van der Waals surface area contributed by atoms with E-state index < -0.39 is 41.4 Å². The Morgan fingerprint density at radius 3 is 2.20 bits per heavy atom. The van der Waals surface area contributed by atoms with Gasteiger partial charge in [0, 0.05) is 6.54 Å². The average Bonchev–Trinajstić information content (AvgIpc) is 2.59. The lowest BCUT2D eigenvalue weighted by atomic mass is 10.1. The first kappa shape index (κ1) is 18.4. The molecular formula is C17H14F4N2O2. The van der Waals surface area contributed by atoms with Gasteiger partial charge in [-0.1, -0.05) is 12.1 Å². The van der Waals surface area contributed by atoms with Gasteiger partial charge >= 0.3 is 0 Å². The van der Waals surface area contributed by atoms with E-state index in [1.807, 2.05) is 0 Å². The van der Waals surface area contributed by atoms with Gasteiger partial charge in [0.05, 0.1) is 12.1 Å². The Bertz CT molecular complexity index is 779. The van der Waals surface area contributed by atoms with E-state index in [0.29, 0.717) is 12.5 Å². The van der Waals surface area contributed by atoms with Gasteiger partial charge in [0.25, 0.3) is 5.91 Å². The van der Waals surface area contributed by atoms with E-state index in [2.05, 4.69) is 10.6 Å². The molecule has 0 saturated heterocycles. The van der Waals surface area contributed by atoms with Crippen LogP contribution in [-0.2, 0) is 11.2 Å². The number of carbonyl (C=O) groups excluding carboxylic acids is 2. The third-order valence-corrected chi connectivity index (χ3v) is 3.34. The third-order valence-electron chi connectivity index (χ3n) is 3.34. The van der Waals surface area contributed by atoms with E-state index in [0.717, 1.165) is 11.6 Å². The second kappa shape index (κ2) is 8.27. The molecule has 0 unspecified atom stereocenters. The minimum Gasteiger partial charge on any atom is -0.354 e. The molecule has 0 fully saturated rings. The van der Waals surface area contributed by atoms with Crippen molar-refractivity contribution in [1.82, 2.24) is 10.6 Å². The monoisotopic (exact) mass is 354 g/mol. The highest BCUT2D eigenvalue weighted by atomic mass is 19.2. The van der Waals surface area contributed by atoms with Crippen LogP contribution in [0.15, 0.2) is 36.4 Å². The van der Waals surface area contributed by atoms with Crippen LogP contribution in [0.3, 0.4) is 0 Å². The molecule has 0 atom stereocenters. The molecule has 2 rings (SSSR count). The van der Waals surface area contributed by atoms with Crippen molar-refractivity contribution in [3.05, 3.63) is 70.8 Å². The van der Waals surface area contributed by atoms with E-state index in [-0.39, 0.29) is 12.4 Å². The molecular weight excluding hydrogens is 340 g/mol. The second-order valence-corrected chi connectivity index (χ2v) is 5.13. The quantitative estimate of drug-likeness (QED) is 0.618. The number of carbonyl (C=O) groups is 2. The van der Waals surface area contributed by atoms with Gasteiger partial charge in [0.2, 0.25) is 5.91 Å². The summed E-state index contributed by atoms with van der Waals surface area (Å²) >= 11 is 0. The van der Waals surface area contributed by atoms with E-state index >= 15 is 0 Å². The van der Waals surface area contributed by atoms with Crippen molar-refractivity contribution >= 4 is 11.8 Å². The molecule has 0 bridgehead atoms. The zero-order valence-electron chi connectivity index (χ0n) is 12.9. The van der Waals surface area contributed by atoms with Crippen molar-refractivity contribution in [2.24, 2.45) is 0 Å². The number of hydrogen-bond acceptors (Lipinski definition) is 2. The topological polar surface area (TPSA) is 58.2 Å². The summed E-state index contributed by atoms with van der Waals surface area (Å²) in [5.41, 5.74) is 0.118. The van der Waals surface area contributed by atoms with Crippen LogP contribution in [0.2, 0.25) is 0 Å². The summed E-state index contributed by atoms with van der Waals surface area (Å²) in [5.74, 6) is -6.72. The molecule has 132 valence electrons. The fourth-order valence-corrected chi connectivity index (χ4v) is 2.02. The van der Waals surface area contributed by atoms with Crippen molar-refractivity contribution in [3.63, 3.8) is 0 Å². The van der Waals surface area contributed by atoms with Gasteiger partial charge in [0.15, 0.2) is 17.5 Å². The largest absolute Gasteiger partial charge is 0.354 e. The Kier molecular flexibility index (Phi) is 6.10. The SMILES string of the molecule is O=C(CNC(=O)c1ccc(F)c(F)c1F)NCCc1ccc(F)cc1. The lowest BCUT2D eigenvalue weighted by molar-refractivity contribution is -0.120. The van der Waals surface area contributed by atoms with Gasteiger partial charge in [-0.25, -0.2) is 17.6 Å². The number of amides is 2. The van der Waals surface area contributed by atoms with Crippen LogP contribution in [0, 0.1) is 23.3 Å². The van der Waals surface area contributed by atoms with E-state index in [1.165, 1.54) is 12.1 Å². The summed E-state index contributed by atoms with van der Waals surface area (Å²) in [6, 6.07) is 7.16. The zero-order chi connectivity index (χ0) is 18.4. The van der Waals surface area contributed by atoms with Gasteiger partial charge in [-0.15, -0.1) is 0 Å². The first-order chi connectivity index (χ1) is 11.9. The van der Waals surface area contributed by atoms with Crippen LogP contribution >= 0.6 is 0 Å². The molecule has 0 spiro atoms. The molecule has 25 heavy (non-hydrogen) atoms. The number of benzene rings is 2. The summed E-state index contributed by atoms with van der Waals surface area (Å²) in [6.07, 6.45) is 0.456. The van der Waals surface area contributed by atoms with Gasteiger partial charge in [0.1, 0.15) is 5.82 Å².